The van der Waals surface area contributed by atoms with Gasteiger partial charge in [-0.1, -0.05) is 301 Å². The summed E-state index contributed by atoms with van der Waals surface area (Å²) in [6, 6.07) is -0.551. The fraction of sp³-hybridized carbons (Fsp3) is 0.906. The van der Waals surface area contributed by atoms with Gasteiger partial charge in [0.2, 0.25) is 5.91 Å². The Balaban J connectivity index is 3.43. The molecule has 0 bridgehead atoms. The van der Waals surface area contributed by atoms with Crippen molar-refractivity contribution < 1.29 is 24.5 Å². The molecular weight excluding hydrogens is 863 g/mol. The quantitative estimate of drug-likeness (QED) is 0.0321. The maximum absolute atomic E-state index is 12.5. The number of aliphatic hydroxyl groups is 2. The van der Waals surface area contributed by atoms with Crippen LogP contribution in [0.5, 0.6) is 0 Å². The van der Waals surface area contributed by atoms with Crippen molar-refractivity contribution in [3.63, 3.8) is 0 Å². The topological polar surface area (TPSA) is 95.9 Å². The van der Waals surface area contributed by atoms with Crippen LogP contribution < -0.4 is 5.32 Å². The molecule has 0 aliphatic heterocycles. The summed E-state index contributed by atoms with van der Waals surface area (Å²) in [6.45, 7) is 4.93. The van der Waals surface area contributed by atoms with Gasteiger partial charge in [-0.3, -0.25) is 9.59 Å². The number of carbonyl (C=O) groups excluding carboxylic acids is 2. The summed E-state index contributed by atoms with van der Waals surface area (Å²) >= 11 is 0. The van der Waals surface area contributed by atoms with Crippen LogP contribution in [0.4, 0.5) is 0 Å². The Morgan fingerprint density at radius 1 is 0.400 bits per heavy atom. The van der Waals surface area contributed by atoms with Gasteiger partial charge in [-0.05, 0) is 57.8 Å². The lowest BCUT2D eigenvalue weighted by atomic mass is 10.0. The van der Waals surface area contributed by atoms with E-state index in [1.54, 1.807) is 0 Å². The summed E-state index contributed by atoms with van der Waals surface area (Å²) in [7, 11) is 0. The van der Waals surface area contributed by atoms with E-state index in [-0.39, 0.29) is 18.5 Å². The van der Waals surface area contributed by atoms with Crippen LogP contribution in [-0.2, 0) is 14.3 Å². The number of nitrogens with one attached hydrogen (secondary N) is 1. The Morgan fingerprint density at radius 3 is 1.11 bits per heavy atom. The average Bonchev–Trinajstić information content (AvgIpc) is 3.36. The van der Waals surface area contributed by atoms with Gasteiger partial charge in [0.15, 0.2) is 0 Å². The van der Waals surface area contributed by atoms with E-state index in [9.17, 15) is 19.8 Å². The van der Waals surface area contributed by atoms with Crippen LogP contribution in [0.3, 0.4) is 0 Å². The van der Waals surface area contributed by atoms with Gasteiger partial charge >= 0.3 is 5.97 Å². The Labute approximate surface area is 437 Å². The van der Waals surface area contributed by atoms with E-state index in [2.05, 4.69) is 43.5 Å². The molecule has 414 valence electrons. The minimum atomic E-state index is -0.673. The van der Waals surface area contributed by atoms with Crippen molar-refractivity contribution in [2.75, 3.05) is 13.2 Å². The van der Waals surface area contributed by atoms with Gasteiger partial charge in [0.25, 0.3) is 0 Å². The first-order valence-electron chi connectivity index (χ1n) is 31.6. The largest absolute Gasteiger partial charge is 0.466 e. The first-order chi connectivity index (χ1) is 34.5. The molecule has 0 saturated carbocycles. The number of rotatable bonds is 59. The second-order valence-electron chi connectivity index (χ2n) is 21.7. The van der Waals surface area contributed by atoms with E-state index in [0.717, 1.165) is 57.8 Å². The molecule has 0 aromatic heterocycles. The molecule has 0 radical (unpaired) electrons. The molecule has 0 rings (SSSR count). The fourth-order valence-corrected chi connectivity index (χ4v) is 9.91. The van der Waals surface area contributed by atoms with Crippen LogP contribution in [0.2, 0.25) is 0 Å². The molecule has 0 aromatic carbocycles. The monoisotopic (exact) mass is 986 g/mol. The van der Waals surface area contributed by atoms with Crippen molar-refractivity contribution >= 4 is 11.9 Å². The molecule has 6 heteroatoms. The van der Waals surface area contributed by atoms with Gasteiger partial charge in [0.05, 0.1) is 25.4 Å². The van der Waals surface area contributed by atoms with Gasteiger partial charge < -0.3 is 20.3 Å². The van der Waals surface area contributed by atoms with E-state index in [1.807, 2.05) is 0 Å². The Hall–Kier alpha value is -1.66. The van der Waals surface area contributed by atoms with E-state index < -0.39 is 12.1 Å². The van der Waals surface area contributed by atoms with Gasteiger partial charge in [-0.15, -0.1) is 0 Å². The maximum atomic E-state index is 12.5. The van der Waals surface area contributed by atoms with Crippen molar-refractivity contribution in [2.24, 2.45) is 0 Å². The zero-order valence-corrected chi connectivity index (χ0v) is 47.3. The Bertz CT molecular complexity index is 1090. The lowest BCUT2D eigenvalue weighted by Gasteiger charge is -2.22. The van der Waals surface area contributed by atoms with Crippen LogP contribution >= 0.6 is 0 Å². The molecule has 6 nitrogen and oxygen atoms in total. The summed E-state index contributed by atoms with van der Waals surface area (Å²) in [5.74, 6) is -0.0511. The molecule has 0 aromatic rings. The highest BCUT2D eigenvalue weighted by atomic mass is 16.5. The van der Waals surface area contributed by atoms with Gasteiger partial charge in [0.1, 0.15) is 0 Å². The number of unbranched alkanes of at least 4 members (excludes halogenated alkanes) is 44. The smallest absolute Gasteiger partial charge is 0.305 e. The number of carbonyl (C=O) groups is 2. The highest BCUT2D eigenvalue weighted by molar-refractivity contribution is 5.76. The normalized spacial score (nSPS) is 12.7. The molecular formula is C64H123NO5. The van der Waals surface area contributed by atoms with Crippen molar-refractivity contribution in [1.29, 1.82) is 0 Å². The van der Waals surface area contributed by atoms with Crippen LogP contribution in [0.25, 0.3) is 0 Å². The summed E-state index contributed by atoms with van der Waals surface area (Å²) in [4.78, 5) is 24.6. The maximum Gasteiger partial charge on any atom is 0.305 e. The van der Waals surface area contributed by atoms with E-state index in [0.29, 0.717) is 25.9 Å². The van der Waals surface area contributed by atoms with Crippen molar-refractivity contribution in [3.05, 3.63) is 24.3 Å². The summed E-state index contributed by atoms with van der Waals surface area (Å²) in [5.41, 5.74) is 0. The zero-order valence-electron chi connectivity index (χ0n) is 47.3. The fourth-order valence-electron chi connectivity index (χ4n) is 9.91. The molecule has 70 heavy (non-hydrogen) atoms. The minimum absolute atomic E-state index is 0.00888. The van der Waals surface area contributed by atoms with E-state index in [4.69, 9.17) is 4.74 Å². The van der Waals surface area contributed by atoms with Gasteiger partial charge in [-0.2, -0.15) is 0 Å². The first kappa shape index (κ1) is 68.3. The summed E-state index contributed by atoms with van der Waals surface area (Å²) < 4.78 is 5.48. The average molecular weight is 987 g/mol. The number of amides is 1. The Kier molecular flexibility index (Phi) is 58.5. The molecule has 2 atom stereocenters. The Morgan fingerprint density at radius 2 is 0.714 bits per heavy atom. The molecule has 2 unspecified atom stereocenters. The number of aliphatic hydroxyl groups excluding tert-OH is 2. The van der Waals surface area contributed by atoms with Crippen molar-refractivity contribution in [2.45, 2.75) is 360 Å². The highest BCUT2D eigenvalue weighted by Crippen LogP contribution is 2.18. The number of hydrogen-bond acceptors (Lipinski definition) is 5. The third kappa shape index (κ3) is 55.7. The summed E-state index contributed by atoms with van der Waals surface area (Å²) in [5, 5.41) is 23.4. The lowest BCUT2D eigenvalue weighted by Crippen LogP contribution is -2.45. The third-order valence-corrected chi connectivity index (χ3v) is 14.8. The molecule has 0 aliphatic carbocycles. The van der Waals surface area contributed by atoms with Crippen molar-refractivity contribution in [3.8, 4) is 0 Å². The lowest BCUT2D eigenvalue weighted by molar-refractivity contribution is -0.143. The molecule has 0 saturated heterocycles. The zero-order chi connectivity index (χ0) is 50.7. The van der Waals surface area contributed by atoms with Gasteiger partial charge in [-0.25, -0.2) is 0 Å². The second-order valence-corrected chi connectivity index (χ2v) is 21.7. The minimum Gasteiger partial charge on any atom is -0.466 e. The third-order valence-electron chi connectivity index (χ3n) is 14.8. The number of ether oxygens (including phenoxy) is 1. The van der Waals surface area contributed by atoms with Crippen LogP contribution in [-0.4, -0.2) is 47.4 Å². The van der Waals surface area contributed by atoms with Crippen LogP contribution in [0, 0.1) is 0 Å². The predicted octanol–water partition coefficient (Wildman–Crippen LogP) is 19.8. The van der Waals surface area contributed by atoms with E-state index in [1.165, 1.54) is 257 Å². The van der Waals surface area contributed by atoms with Crippen molar-refractivity contribution in [1.82, 2.24) is 5.32 Å². The number of allylic oxidation sites excluding steroid dienone is 4. The number of esters is 1. The standard InChI is InChI=1S/C64H123NO5/c1-3-5-7-9-11-13-15-17-19-21-22-23-24-25-27-28-32-36-40-44-48-52-56-62(67)61(60-66)65-63(68)57-53-49-45-41-37-33-30-31-35-39-43-47-51-55-59-70-64(69)58-54-50-46-42-38-34-29-26-20-18-16-14-12-10-8-6-4-2/h12,14,18,20,61-62,66-67H,3-11,13,15-17,19,21-60H2,1-2H3,(H,65,68)/b14-12-,20-18-. The SMILES string of the molecule is CCCCC/C=C\C/C=C\CCCCCCCCCC(=O)OCCCCCCCCCCCCCCCCC(=O)NC(CO)C(O)CCCCCCCCCCCCCCCCCCCCCCCC. The molecule has 0 fully saturated rings. The molecule has 1 amide bonds. The van der Waals surface area contributed by atoms with Gasteiger partial charge in [0, 0.05) is 12.8 Å². The first-order valence-corrected chi connectivity index (χ1v) is 31.6. The highest BCUT2D eigenvalue weighted by Gasteiger charge is 2.20. The number of hydrogen-bond donors (Lipinski definition) is 3. The molecule has 0 heterocycles. The van der Waals surface area contributed by atoms with Crippen LogP contribution in [0.15, 0.2) is 24.3 Å². The van der Waals surface area contributed by atoms with E-state index >= 15 is 0 Å². The molecule has 0 spiro atoms. The summed E-state index contributed by atoms with van der Waals surface area (Å²) in [6.07, 6.45) is 73.2. The molecule has 3 N–H and O–H groups in total. The second kappa shape index (κ2) is 59.9. The van der Waals surface area contributed by atoms with Crippen LogP contribution in [0.1, 0.15) is 348 Å². The predicted molar refractivity (Wildman–Crippen MR) is 306 cm³/mol. The molecule has 0 aliphatic rings.